The Labute approximate surface area is 105 Å². The summed E-state index contributed by atoms with van der Waals surface area (Å²) in [5.74, 6) is 0. The van der Waals surface area contributed by atoms with Gasteiger partial charge in [-0.05, 0) is 26.4 Å². The molecule has 4 heteroatoms. The van der Waals surface area contributed by atoms with Crippen molar-refractivity contribution in [3.63, 3.8) is 0 Å². The van der Waals surface area contributed by atoms with Gasteiger partial charge >= 0.3 is 0 Å². The van der Waals surface area contributed by atoms with Gasteiger partial charge in [0.25, 0.3) is 0 Å². The Hall–Kier alpha value is -0.160. The van der Waals surface area contributed by atoms with Crippen molar-refractivity contribution in [2.75, 3.05) is 53.0 Å². The maximum Gasteiger partial charge on any atom is 0.0637 e. The summed E-state index contributed by atoms with van der Waals surface area (Å²) in [6.45, 7) is 9.96. The number of hydrogen-bond acceptors (Lipinski definition) is 4. The number of ether oxygens (including phenoxy) is 1. The lowest BCUT2D eigenvalue weighted by Crippen LogP contribution is -2.59. The van der Waals surface area contributed by atoms with Crippen LogP contribution in [0.25, 0.3) is 0 Å². The van der Waals surface area contributed by atoms with Crippen molar-refractivity contribution in [3.05, 3.63) is 0 Å². The second-order valence-corrected chi connectivity index (χ2v) is 5.33. The zero-order valence-corrected chi connectivity index (χ0v) is 11.3. The van der Waals surface area contributed by atoms with Crippen molar-refractivity contribution >= 4 is 0 Å². The summed E-state index contributed by atoms with van der Waals surface area (Å²) in [6, 6.07) is 1.22. The van der Waals surface area contributed by atoms with Gasteiger partial charge in [0.05, 0.1) is 6.61 Å². The topological polar surface area (TPSA) is 27.7 Å². The Kier molecular flexibility index (Phi) is 5.22. The van der Waals surface area contributed by atoms with Gasteiger partial charge in [-0.3, -0.25) is 4.90 Å². The SMILES string of the molecule is CCCNC1CCOCC1N1CCN(C)CC1. The summed E-state index contributed by atoms with van der Waals surface area (Å²) in [5.41, 5.74) is 0. The van der Waals surface area contributed by atoms with Crippen molar-refractivity contribution in [1.82, 2.24) is 15.1 Å². The number of hydrogen-bond donors (Lipinski definition) is 1. The van der Waals surface area contributed by atoms with Crippen LogP contribution >= 0.6 is 0 Å². The van der Waals surface area contributed by atoms with E-state index in [2.05, 4.69) is 29.1 Å². The van der Waals surface area contributed by atoms with E-state index in [-0.39, 0.29) is 0 Å². The van der Waals surface area contributed by atoms with Crippen molar-refractivity contribution in [2.45, 2.75) is 31.8 Å². The van der Waals surface area contributed by atoms with Crippen LogP contribution in [0.1, 0.15) is 19.8 Å². The van der Waals surface area contributed by atoms with Crippen LogP contribution in [0.3, 0.4) is 0 Å². The van der Waals surface area contributed by atoms with E-state index >= 15 is 0 Å². The molecule has 2 saturated heterocycles. The first-order chi connectivity index (χ1) is 8.31. The molecule has 0 aromatic rings. The maximum absolute atomic E-state index is 5.68. The number of piperazine rings is 1. The molecule has 0 aromatic heterocycles. The Bertz CT molecular complexity index is 212. The Morgan fingerprint density at radius 1 is 1.24 bits per heavy atom. The number of likely N-dealkylation sites (N-methyl/N-ethyl adjacent to an activating group) is 1. The fourth-order valence-corrected chi connectivity index (χ4v) is 2.80. The van der Waals surface area contributed by atoms with Gasteiger partial charge in [-0.1, -0.05) is 6.92 Å². The minimum Gasteiger partial charge on any atom is -0.380 e. The highest BCUT2D eigenvalue weighted by Gasteiger charge is 2.31. The van der Waals surface area contributed by atoms with Crippen LogP contribution < -0.4 is 5.32 Å². The van der Waals surface area contributed by atoms with Gasteiger partial charge < -0.3 is 15.0 Å². The van der Waals surface area contributed by atoms with Crippen LogP contribution in [0.5, 0.6) is 0 Å². The molecule has 2 rings (SSSR count). The molecule has 2 aliphatic rings. The van der Waals surface area contributed by atoms with Crippen molar-refractivity contribution < 1.29 is 4.74 Å². The van der Waals surface area contributed by atoms with Gasteiger partial charge in [-0.15, -0.1) is 0 Å². The molecule has 2 heterocycles. The maximum atomic E-state index is 5.68. The molecule has 0 saturated carbocycles. The average molecular weight is 241 g/mol. The van der Waals surface area contributed by atoms with Gasteiger partial charge in [0.2, 0.25) is 0 Å². The van der Waals surface area contributed by atoms with E-state index in [1.807, 2.05) is 0 Å². The van der Waals surface area contributed by atoms with Crippen molar-refractivity contribution in [1.29, 1.82) is 0 Å². The van der Waals surface area contributed by atoms with Crippen molar-refractivity contribution in [2.24, 2.45) is 0 Å². The number of nitrogens with one attached hydrogen (secondary N) is 1. The van der Waals surface area contributed by atoms with Crippen molar-refractivity contribution in [3.8, 4) is 0 Å². The molecule has 4 nitrogen and oxygen atoms in total. The summed E-state index contributed by atoms with van der Waals surface area (Å²) in [7, 11) is 2.21. The van der Waals surface area contributed by atoms with E-state index in [0.29, 0.717) is 12.1 Å². The molecule has 0 spiro atoms. The summed E-state index contributed by atoms with van der Waals surface area (Å²) in [6.07, 6.45) is 2.38. The normalized spacial score (nSPS) is 32.8. The van der Waals surface area contributed by atoms with Gasteiger partial charge in [0.1, 0.15) is 0 Å². The lowest BCUT2D eigenvalue weighted by molar-refractivity contribution is -0.0173. The zero-order valence-electron chi connectivity index (χ0n) is 11.3. The second kappa shape index (κ2) is 6.69. The van der Waals surface area contributed by atoms with E-state index < -0.39 is 0 Å². The lowest BCUT2D eigenvalue weighted by atomic mass is 10.0. The molecule has 0 amide bonds. The van der Waals surface area contributed by atoms with Crippen LogP contribution in [-0.2, 0) is 4.74 Å². The van der Waals surface area contributed by atoms with Gasteiger partial charge in [-0.25, -0.2) is 0 Å². The van der Waals surface area contributed by atoms with E-state index in [1.54, 1.807) is 0 Å². The quantitative estimate of drug-likeness (QED) is 0.771. The molecule has 17 heavy (non-hydrogen) atoms. The first kappa shape index (κ1) is 13.3. The molecule has 2 unspecified atom stereocenters. The van der Waals surface area contributed by atoms with E-state index in [1.165, 1.54) is 32.6 Å². The Morgan fingerprint density at radius 2 is 2.00 bits per heavy atom. The smallest absolute Gasteiger partial charge is 0.0637 e. The first-order valence-corrected chi connectivity index (χ1v) is 7.05. The average Bonchev–Trinajstić information content (AvgIpc) is 2.38. The summed E-state index contributed by atoms with van der Waals surface area (Å²) >= 11 is 0. The fraction of sp³-hybridized carbons (Fsp3) is 1.00. The van der Waals surface area contributed by atoms with Gasteiger partial charge in [0, 0.05) is 44.9 Å². The summed E-state index contributed by atoms with van der Waals surface area (Å²) in [4.78, 5) is 5.03. The Morgan fingerprint density at radius 3 is 2.71 bits per heavy atom. The summed E-state index contributed by atoms with van der Waals surface area (Å²) < 4.78 is 5.68. The predicted octanol–water partition coefficient (Wildman–Crippen LogP) is 0.391. The third kappa shape index (κ3) is 3.65. The third-order valence-corrected chi connectivity index (χ3v) is 3.99. The summed E-state index contributed by atoms with van der Waals surface area (Å²) in [5, 5.41) is 3.69. The monoisotopic (exact) mass is 241 g/mol. The molecule has 0 radical (unpaired) electrons. The van der Waals surface area contributed by atoms with Crippen LogP contribution in [0, 0.1) is 0 Å². The van der Waals surface area contributed by atoms with Crippen LogP contribution in [0.2, 0.25) is 0 Å². The fourth-order valence-electron chi connectivity index (χ4n) is 2.80. The molecule has 1 N–H and O–H groups in total. The number of rotatable bonds is 4. The molecule has 2 fully saturated rings. The molecule has 100 valence electrons. The van der Waals surface area contributed by atoms with E-state index in [9.17, 15) is 0 Å². The first-order valence-electron chi connectivity index (χ1n) is 7.05. The minimum atomic E-state index is 0.587. The van der Waals surface area contributed by atoms with E-state index in [0.717, 1.165) is 26.2 Å². The molecular formula is C13H27N3O. The van der Waals surface area contributed by atoms with Crippen LogP contribution in [0.4, 0.5) is 0 Å². The van der Waals surface area contributed by atoms with Gasteiger partial charge in [-0.2, -0.15) is 0 Å². The molecular weight excluding hydrogens is 214 g/mol. The molecule has 0 aliphatic carbocycles. The van der Waals surface area contributed by atoms with Crippen LogP contribution in [-0.4, -0.2) is 74.9 Å². The second-order valence-electron chi connectivity index (χ2n) is 5.33. The van der Waals surface area contributed by atoms with Gasteiger partial charge in [0.15, 0.2) is 0 Å². The lowest BCUT2D eigenvalue weighted by Gasteiger charge is -2.43. The largest absolute Gasteiger partial charge is 0.380 e. The standard InChI is InChI=1S/C13H27N3O/c1-3-5-14-12-4-10-17-11-13(12)16-8-6-15(2)7-9-16/h12-14H,3-11H2,1-2H3. The highest BCUT2D eigenvalue weighted by molar-refractivity contribution is 4.89. The highest BCUT2D eigenvalue weighted by atomic mass is 16.5. The molecule has 0 aromatic carbocycles. The molecule has 0 bridgehead atoms. The molecule has 2 atom stereocenters. The zero-order chi connectivity index (χ0) is 12.1. The molecule has 2 aliphatic heterocycles. The predicted molar refractivity (Wildman–Crippen MR) is 70.4 cm³/mol. The van der Waals surface area contributed by atoms with Crippen LogP contribution in [0.15, 0.2) is 0 Å². The highest BCUT2D eigenvalue weighted by Crippen LogP contribution is 2.16. The third-order valence-electron chi connectivity index (χ3n) is 3.99. The Balaban J connectivity index is 1.86. The minimum absolute atomic E-state index is 0.587. The van der Waals surface area contributed by atoms with E-state index in [4.69, 9.17) is 4.74 Å². The number of nitrogens with zero attached hydrogens (tertiary/aromatic N) is 2.